The minimum Gasteiger partial charge on any atom is -0.324 e. The highest BCUT2D eigenvalue weighted by molar-refractivity contribution is 5.51. The van der Waals surface area contributed by atoms with Gasteiger partial charge in [0.05, 0.1) is 12.4 Å². The number of aromatic nitrogens is 6. The highest BCUT2D eigenvalue weighted by Crippen LogP contribution is 2.06. The minimum absolute atomic E-state index is 0.276. The normalized spacial score (nSPS) is 11.1. The maximum Gasteiger partial charge on any atom is 0.285 e. The van der Waals surface area contributed by atoms with Crippen LogP contribution in [0.4, 0.5) is 0 Å². The van der Waals surface area contributed by atoms with E-state index in [4.69, 9.17) is 0 Å². The number of aryl methyl sites for hydroxylation is 2. The van der Waals surface area contributed by atoms with Gasteiger partial charge in [0.1, 0.15) is 5.82 Å². The number of rotatable bonds is 1. The van der Waals surface area contributed by atoms with Crippen molar-refractivity contribution >= 4 is 5.52 Å². The molecule has 0 spiro atoms. The zero-order chi connectivity index (χ0) is 13.6. The van der Waals surface area contributed by atoms with Crippen molar-refractivity contribution < 1.29 is 0 Å². The van der Waals surface area contributed by atoms with Crippen molar-refractivity contribution in [1.82, 2.24) is 29.4 Å². The predicted molar refractivity (Wildman–Crippen MR) is 66.5 cm³/mol. The second-order valence-corrected chi connectivity index (χ2v) is 4.12. The molecule has 0 aliphatic carbocycles. The molecule has 3 aromatic rings. The van der Waals surface area contributed by atoms with Crippen molar-refractivity contribution in [1.29, 1.82) is 0 Å². The lowest BCUT2D eigenvalue weighted by molar-refractivity contribution is 0.703. The lowest BCUT2D eigenvalue weighted by Crippen LogP contribution is -2.27. The quantitative estimate of drug-likeness (QED) is 0.639. The van der Waals surface area contributed by atoms with E-state index in [1.165, 1.54) is 15.4 Å². The highest BCUT2D eigenvalue weighted by Gasteiger charge is 2.13. The molecule has 8 heteroatoms. The molecule has 0 bridgehead atoms. The molecule has 3 rings (SSSR count). The van der Waals surface area contributed by atoms with Gasteiger partial charge in [0.2, 0.25) is 0 Å². The average molecular weight is 258 g/mol. The summed E-state index contributed by atoms with van der Waals surface area (Å²) >= 11 is 0. The molecule has 0 unspecified atom stereocenters. The Morgan fingerprint density at radius 3 is 2.68 bits per heavy atom. The standard InChI is InChI=1S/C11H10N6O2/c1-6-3-14-17-10(6)11(19)16(7(2)15-17)8-4-13-9(18)5-12-8/h3-5H,1-2H3,(H,13,18). The minimum atomic E-state index is -0.330. The van der Waals surface area contributed by atoms with Crippen molar-refractivity contribution in [3.05, 3.63) is 50.7 Å². The van der Waals surface area contributed by atoms with Gasteiger partial charge in [-0.3, -0.25) is 9.59 Å². The molecule has 0 aliphatic heterocycles. The van der Waals surface area contributed by atoms with Crippen LogP contribution in [0.5, 0.6) is 0 Å². The molecule has 0 radical (unpaired) electrons. The first-order valence-corrected chi connectivity index (χ1v) is 5.57. The maximum atomic E-state index is 12.4. The second-order valence-electron chi connectivity index (χ2n) is 4.12. The van der Waals surface area contributed by atoms with Crippen molar-refractivity contribution in [2.75, 3.05) is 0 Å². The molecule has 19 heavy (non-hydrogen) atoms. The van der Waals surface area contributed by atoms with Gasteiger partial charge >= 0.3 is 0 Å². The molecule has 8 nitrogen and oxygen atoms in total. The zero-order valence-corrected chi connectivity index (χ0v) is 10.3. The van der Waals surface area contributed by atoms with E-state index in [9.17, 15) is 9.59 Å². The molecule has 96 valence electrons. The number of H-pyrrole nitrogens is 1. The number of nitrogens with one attached hydrogen (secondary N) is 1. The Morgan fingerprint density at radius 2 is 2.00 bits per heavy atom. The fraction of sp³-hybridized carbons (Fsp3) is 0.182. The molecular formula is C11H10N6O2. The second kappa shape index (κ2) is 3.87. The predicted octanol–water partition coefficient (Wildman–Crippen LogP) is -0.420. The summed E-state index contributed by atoms with van der Waals surface area (Å²) in [6.07, 6.45) is 4.07. The van der Waals surface area contributed by atoms with Crippen LogP contribution >= 0.6 is 0 Å². The van der Waals surface area contributed by atoms with Gasteiger partial charge in [-0.15, -0.1) is 9.73 Å². The van der Waals surface area contributed by atoms with Crippen LogP contribution < -0.4 is 11.1 Å². The van der Waals surface area contributed by atoms with Crippen molar-refractivity contribution in [2.24, 2.45) is 0 Å². The SMILES string of the molecule is Cc1cnn2nc(C)n(-c3c[nH]c(=O)cn3)c(=O)c12. The Balaban J connectivity index is 2.40. The van der Waals surface area contributed by atoms with Crippen LogP contribution in [-0.4, -0.2) is 29.4 Å². The van der Waals surface area contributed by atoms with Crippen LogP contribution in [0.15, 0.2) is 28.2 Å². The molecule has 0 amide bonds. The van der Waals surface area contributed by atoms with E-state index in [2.05, 4.69) is 20.2 Å². The molecule has 0 saturated carbocycles. The number of hydrogen-bond acceptors (Lipinski definition) is 5. The Labute approximate surface area is 106 Å². The van der Waals surface area contributed by atoms with Crippen molar-refractivity contribution in [3.8, 4) is 5.82 Å². The van der Waals surface area contributed by atoms with Gasteiger partial charge in [0, 0.05) is 11.8 Å². The summed E-state index contributed by atoms with van der Waals surface area (Å²) in [5.41, 5.74) is 0.514. The first kappa shape index (κ1) is 11.3. The summed E-state index contributed by atoms with van der Waals surface area (Å²) in [5.74, 6) is 0.748. The molecule has 3 aromatic heterocycles. The number of nitrogens with zero attached hydrogens (tertiary/aromatic N) is 5. The molecule has 0 fully saturated rings. The van der Waals surface area contributed by atoms with Gasteiger partial charge in [-0.1, -0.05) is 0 Å². The van der Waals surface area contributed by atoms with E-state index >= 15 is 0 Å². The molecule has 1 N–H and O–H groups in total. The van der Waals surface area contributed by atoms with Gasteiger partial charge < -0.3 is 4.98 Å². The first-order valence-electron chi connectivity index (χ1n) is 5.57. The summed E-state index contributed by atoms with van der Waals surface area (Å²) < 4.78 is 2.63. The van der Waals surface area contributed by atoms with Gasteiger partial charge in [0.25, 0.3) is 11.1 Å². The lowest BCUT2D eigenvalue weighted by Gasteiger charge is -2.07. The molecule has 0 saturated heterocycles. The Hall–Kier alpha value is -2.77. The Bertz CT molecular complexity index is 868. The zero-order valence-electron chi connectivity index (χ0n) is 10.3. The maximum absolute atomic E-state index is 12.4. The van der Waals surface area contributed by atoms with E-state index in [0.29, 0.717) is 17.2 Å². The summed E-state index contributed by atoms with van der Waals surface area (Å²) in [5, 5.41) is 8.20. The number of fused-ring (bicyclic) bond motifs is 1. The van der Waals surface area contributed by atoms with Crippen LogP contribution in [0.25, 0.3) is 11.3 Å². The van der Waals surface area contributed by atoms with Crippen LogP contribution in [-0.2, 0) is 0 Å². The number of aromatic amines is 1. The van der Waals surface area contributed by atoms with Gasteiger partial charge in [-0.25, -0.2) is 9.55 Å². The van der Waals surface area contributed by atoms with Crippen LogP contribution in [0.2, 0.25) is 0 Å². The largest absolute Gasteiger partial charge is 0.324 e. The molecule has 0 aliphatic rings. The number of hydrogen-bond donors (Lipinski definition) is 1. The van der Waals surface area contributed by atoms with Crippen LogP contribution in [0, 0.1) is 13.8 Å². The Kier molecular flexibility index (Phi) is 2.31. The monoisotopic (exact) mass is 258 g/mol. The third-order valence-electron chi connectivity index (χ3n) is 2.79. The molecule has 0 aromatic carbocycles. The smallest absolute Gasteiger partial charge is 0.285 e. The van der Waals surface area contributed by atoms with Crippen LogP contribution in [0.1, 0.15) is 11.4 Å². The fourth-order valence-electron chi connectivity index (χ4n) is 1.91. The first-order chi connectivity index (χ1) is 9.08. The van der Waals surface area contributed by atoms with E-state index in [0.717, 1.165) is 11.8 Å². The third-order valence-corrected chi connectivity index (χ3v) is 2.79. The topological polar surface area (TPSA) is 97.9 Å². The third kappa shape index (κ3) is 1.65. The van der Waals surface area contributed by atoms with Crippen LogP contribution in [0.3, 0.4) is 0 Å². The summed E-state index contributed by atoms with van der Waals surface area (Å²) in [7, 11) is 0. The van der Waals surface area contributed by atoms with Crippen molar-refractivity contribution in [2.45, 2.75) is 13.8 Å². The van der Waals surface area contributed by atoms with E-state index in [1.807, 2.05) is 0 Å². The van der Waals surface area contributed by atoms with Crippen molar-refractivity contribution in [3.63, 3.8) is 0 Å². The molecular weight excluding hydrogens is 248 g/mol. The summed E-state index contributed by atoms with van der Waals surface area (Å²) in [6, 6.07) is 0. The van der Waals surface area contributed by atoms with Gasteiger partial charge in [0.15, 0.2) is 11.3 Å². The van der Waals surface area contributed by atoms with Gasteiger partial charge in [-0.05, 0) is 13.8 Å². The van der Waals surface area contributed by atoms with E-state index < -0.39 is 0 Å². The van der Waals surface area contributed by atoms with E-state index in [1.54, 1.807) is 20.0 Å². The molecule has 0 atom stereocenters. The van der Waals surface area contributed by atoms with Gasteiger partial charge in [-0.2, -0.15) is 5.10 Å². The Morgan fingerprint density at radius 1 is 1.21 bits per heavy atom. The fourth-order valence-corrected chi connectivity index (χ4v) is 1.91. The summed E-state index contributed by atoms with van der Waals surface area (Å²) in [4.78, 5) is 29.9. The van der Waals surface area contributed by atoms with E-state index in [-0.39, 0.29) is 11.1 Å². The average Bonchev–Trinajstić information content (AvgIpc) is 2.73. The highest BCUT2D eigenvalue weighted by atomic mass is 16.1. The lowest BCUT2D eigenvalue weighted by atomic mass is 10.3. The molecule has 3 heterocycles. The summed E-state index contributed by atoms with van der Waals surface area (Å²) in [6.45, 7) is 3.45.